The number of aromatic nitrogens is 4. The van der Waals surface area contributed by atoms with Crippen LogP contribution in [0, 0.1) is 0 Å². The summed E-state index contributed by atoms with van der Waals surface area (Å²) in [7, 11) is 0. The zero-order valence-electron chi connectivity index (χ0n) is 34.8. The fourth-order valence-corrected chi connectivity index (χ4v) is 9.26. The van der Waals surface area contributed by atoms with Gasteiger partial charge in [0.25, 0.3) is 0 Å². The Morgan fingerprint density at radius 3 is 0.875 bits per heavy atom. The van der Waals surface area contributed by atoms with Crippen molar-refractivity contribution in [2.75, 3.05) is 9.80 Å². The summed E-state index contributed by atoms with van der Waals surface area (Å²) in [4.78, 5) is 14.5. The van der Waals surface area contributed by atoms with Crippen LogP contribution in [-0.4, -0.2) is 19.1 Å². The van der Waals surface area contributed by atoms with Crippen LogP contribution in [-0.2, 0) is 0 Å². The lowest BCUT2D eigenvalue weighted by atomic mass is 10.1. The number of nitrogens with zero attached hydrogens (tertiary/aromatic N) is 6. The molecular weight excluding hydrogens is 781 g/mol. The van der Waals surface area contributed by atoms with E-state index in [9.17, 15) is 0 Å². The largest absolute Gasteiger partial charge is 0.309 e. The lowest BCUT2D eigenvalue weighted by Gasteiger charge is -2.25. The SMILES string of the molecule is c1ccc(N(c2ccc(-n3c4ccccc4c4ccccc43)cc2)c2ccc(-c3ccc(N(c4ccccc4)c4ccc(-n5c6ccccc6c6ccccc65)cc4)nc3)cn2)cc1. The molecule has 0 spiro atoms. The Hall–Kier alpha value is -8.74. The summed E-state index contributed by atoms with van der Waals surface area (Å²) in [6.45, 7) is 0. The van der Waals surface area contributed by atoms with Gasteiger partial charge >= 0.3 is 0 Å². The summed E-state index contributed by atoms with van der Waals surface area (Å²) in [6.07, 6.45) is 3.88. The molecule has 0 aliphatic heterocycles. The van der Waals surface area contributed by atoms with Crippen molar-refractivity contribution in [3.8, 4) is 22.5 Å². The number of pyridine rings is 2. The van der Waals surface area contributed by atoms with Crippen molar-refractivity contribution in [3.05, 3.63) is 243 Å². The first-order valence-electron chi connectivity index (χ1n) is 21.6. The van der Waals surface area contributed by atoms with Crippen molar-refractivity contribution in [1.29, 1.82) is 0 Å². The molecule has 0 unspecified atom stereocenters. The Labute approximate surface area is 370 Å². The van der Waals surface area contributed by atoms with E-state index in [0.29, 0.717) is 0 Å². The van der Waals surface area contributed by atoms with E-state index in [1.54, 1.807) is 0 Å². The monoisotopic (exact) mass is 820 g/mol. The van der Waals surface area contributed by atoms with E-state index in [4.69, 9.17) is 9.97 Å². The molecule has 64 heavy (non-hydrogen) atoms. The molecule has 4 aromatic heterocycles. The van der Waals surface area contributed by atoms with E-state index < -0.39 is 0 Å². The van der Waals surface area contributed by atoms with E-state index >= 15 is 0 Å². The Balaban J connectivity index is 0.850. The molecule has 12 rings (SSSR count). The van der Waals surface area contributed by atoms with Gasteiger partial charge in [-0.1, -0.05) is 109 Å². The van der Waals surface area contributed by atoms with Crippen molar-refractivity contribution in [3.63, 3.8) is 0 Å². The number of benzene rings is 8. The van der Waals surface area contributed by atoms with Gasteiger partial charge in [0.05, 0.1) is 22.1 Å². The second kappa shape index (κ2) is 15.6. The van der Waals surface area contributed by atoms with Crippen LogP contribution in [0.15, 0.2) is 243 Å². The minimum atomic E-state index is 0.823. The van der Waals surface area contributed by atoms with Gasteiger partial charge in [0.15, 0.2) is 0 Å². The van der Waals surface area contributed by atoms with Crippen LogP contribution >= 0.6 is 0 Å². The van der Waals surface area contributed by atoms with Gasteiger partial charge in [-0.25, -0.2) is 9.97 Å². The summed E-state index contributed by atoms with van der Waals surface area (Å²) in [5, 5.41) is 4.99. The molecule has 12 aromatic rings. The number of hydrogen-bond acceptors (Lipinski definition) is 4. The maximum Gasteiger partial charge on any atom is 0.137 e. The standard InChI is InChI=1S/C58H40N6/c1-3-15-43(16-4-1)61(45-29-33-47(34-30-45)63-53-23-11-7-19-49(53)50-20-8-12-24-54(50)63)57-37-27-41(39-59-57)42-28-38-58(60-40-42)62(44-17-5-2-6-18-44)46-31-35-48(36-32-46)64-55-25-13-9-21-51(55)52-22-10-14-26-56(52)64/h1-40H. The third-order valence-electron chi connectivity index (χ3n) is 12.2. The summed E-state index contributed by atoms with van der Waals surface area (Å²) in [6, 6.07) is 81.2. The highest BCUT2D eigenvalue weighted by Crippen LogP contribution is 2.39. The molecule has 0 N–H and O–H groups in total. The van der Waals surface area contributed by atoms with Crippen molar-refractivity contribution < 1.29 is 0 Å². The lowest BCUT2D eigenvalue weighted by molar-refractivity contribution is 1.15. The molecule has 4 heterocycles. The molecule has 0 radical (unpaired) electrons. The van der Waals surface area contributed by atoms with E-state index in [-0.39, 0.29) is 0 Å². The number of rotatable bonds is 9. The highest BCUT2D eigenvalue weighted by atomic mass is 15.2. The zero-order chi connectivity index (χ0) is 42.4. The molecule has 0 aliphatic rings. The third-order valence-corrected chi connectivity index (χ3v) is 12.2. The maximum absolute atomic E-state index is 5.06. The number of hydrogen-bond donors (Lipinski definition) is 0. The fourth-order valence-electron chi connectivity index (χ4n) is 9.26. The molecule has 6 heteroatoms. The second-order valence-corrected chi connectivity index (χ2v) is 15.9. The quantitative estimate of drug-likeness (QED) is 0.145. The zero-order valence-corrected chi connectivity index (χ0v) is 34.8. The Morgan fingerprint density at radius 1 is 0.266 bits per heavy atom. The molecule has 0 atom stereocenters. The van der Waals surface area contributed by atoms with Gasteiger partial charge in [-0.3, -0.25) is 9.80 Å². The molecule has 0 saturated heterocycles. The molecule has 8 aromatic carbocycles. The molecule has 0 aliphatic carbocycles. The average Bonchev–Trinajstić information content (AvgIpc) is 3.89. The van der Waals surface area contributed by atoms with Gasteiger partial charge in [0.1, 0.15) is 11.6 Å². The molecule has 0 amide bonds. The first-order chi connectivity index (χ1) is 31.8. The van der Waals surface area contributed by atoms with Crippen LogP contribution in [0.2, 0.25) is 0 Å². The van der Waals surface area contributed by atoms with Gasteiger partial charge in [-0.15, -0.1) is 0 Å². The van der Waals surface area contributed by atoms with Gasteiger partial charge in [0, 0.05) is 79.2 Å². The maximum atomic E-state index is 5.06. The number of para-hydroxylation sites is 6. The van der Waals surface area contributed by atoms with Gasteiger partial charge in [0.2, 0.25) is 0 Å². The molecule has 0 fully saturated rings. The van der Waals surface area contributed by atoms with Gasteiger partial charge in [-0.2, -0.15) is 0 Å². The molecule has 0 bridgehead atoms. The summed E-state index contributed by atoms with van der Waals surface area (Å²) < 4.78 is 4.69. The molecule has 302 valence electrons. The average molecular weight is 821 g/mol. The van der Waals surface area contributed by atoms with E-state index in [0.717, 1.165) is 56.9 Å². The fraction of sp³-hybridized carbons (Fsp3) is 0. The second-order valence-electron chi connectivity index (χ2n) is 15.9. The van der Waals surface area contributed by atoms with Crippen LogP contribution in [0.25, 0.3) is 66.1 Å². The molecule has 6 nitrogen and oxygen atoms in total. The minimum absolute atomic E-state index is 0.823. The third kappa shape index (κ3) is 6.36. The van der Waals surface area contributed by atoms with E-state index in [1.165, 1.54) is 43.6 Å². The Bertz CT molecular complexity index is 3230. The lowest BCUT2D eigenvalue weighted by Crippen LogP contribution is -2.12. The summed E-state index contributed by atoms with van der Waals surface area (Å²) >= 11 is 0. The normalized spacial score (nSPS) is 11.4. The molecular formula is C58H40N6. The first-order valence-corrected chi connectivity index (χ1v) is 21.6. The van der Waals surface area contributed by atoms with Crippen LogP contribution in [0.3, 0.4) is 0 Å². The number of fused-ring (bicyclic) bond motifs is 6. The van der Waals surface area contributed by atoms with Gasteiger partial charge < -0.3 is 9.13 Å². The highest BCUT2D eigenvalue weighted by Gasteiger charge is 2.19. The predicted molar refractivity (Wildman–Crippen MR) is 266 cm³/mol. The molecule has 0 saturated carbocycles. The van der Waals surface area contributed by atoms with Crippen molar-refractivity contribution in [2.45, 2.75) is 0 Å². The minimum Gasteiger partial charge on any atom is -0.309 e. The summed E-state index contributed by atoms with van der Waals surface area (Å²) in [5.41, 5.74) is 13.0. The van der Waals surface area contributed by atoms with E-state index in [1.807, 2.05) is 24.5 Å². The topological polar surface area (TPSA) is 42.1 Å². The van der Waals surface area contributed by atoms with Gasteiger partial charge in [-0.05, 0) is 121 Å². The number of anilines is 6. The first kappa shape index (κ1) is 37.1. The summed E-state index contributed by atoms with van der Waals surface area (Å²) in [5.74, 6) is 1.65. The van der Waals surface area contributed by atoms with Crippen LogP contribution in [0.5, 0.6) is 0 Å². The Morgan fingerprint density at radius 2 is 0.562 bits per heavy atom. The predicted octanol–water partition coefficient (Wildman–Crippen LogP) is 15.3. The smallest absolute Gasteiger partial charge is 0.137 e. The highest BCUT2D eigenvalue weighted by molar-refractivity contribution is 6.10. The Kier molecular flexibility index (Phi) is 9.05. The van der Waals surface area contributed by atoms with Crippen molar-refractivity contribution in [2.24, 2.45) is 0 Å². The van der Waals surface area contributed by atoms with E-state index in [2.05, 4.69) is 237 Å². The van der Waals surface area contributed by atoms with Crippen LogP contribution in [0.1, 0.15) is 0 Å². The van der Waals surface area contributed by atoms with Crippen molar-refractivity contribution >= 4 is 78.0 Å². The van der Waals surface area contributed by atoms with Crippen molar-refractivity contribution in [1.82, 2.24) is 19.1 Å². The van der Waals surface area contributed by atoms with Crippen LogP contribution < -0.4 is 9.80 Å². The van der Waals surface area contributed by atoms with Crippen LogP contribution in [0.4, 0.5) is 34.4 Å².